The fraction of sp³-hybridized carbons (Fsp3) is 0.136. The highest BCUT2D eigenvalue weighted by Crippen LogP contribution is 2.44. The predicted molar refractivity (Wildman–Crippen MR) is 110 cm³/mol. The number of nitrogens with one attached hydrogen (secondary N) is 1. The molecule has 1 amide bonds. The first-order valence-corrected chi connectivity index (χ1v) is 10.7. The molecular formula is C22H20N2O4S. The standard InChI is InChI=1S/C22H20N2O4S/c23-29(26,27)16-11-9-15(10-12-16)13-24-22(25)28-14-21-19-7-3-1-5-17(19)18-6-2-4-8-20(18)21/h1-12,21H,13-14H2,(H,24,25)(H2,23,26,27). The lowest BCUT2D eigenvalue weighted by atomic mass is 9.98. The Hall–Kier alpha value is -3.16. The van der Waals surface area contributed by atoms with Gasteiger partial charge in [-0.05, 0) is 39.9 Å². The topological polar surface area (TPSA) is 98.5 Å². The third-order valence-corrected chi connectivity index (χ3v) is 5.96. The summed E-state index contributed by atoms with van der Waals surface area (Å²) in [4.78, 5) is 12.2. The van der Waals surface area contributed by atoms with Gasteiger partial charge in [0.2, 0.25) is 10.0 Å². The van der Waals surface area contributed by atoms with Crippen LogP contribution in [-0.2, 0) is 21.3 Å². The number of nitrogens with two attached hydrogens (primary N) is 1. The molecule has 0 unspecified atom stereocenters. The minimum atomic E-state index is -3.73. The summed E-state index contributed by atoms with van der Waals surface area (Å²) >= 11 is 0. The maximum Gasteiger partial charge on any atom is 0.407 e. The average Bonchev–Trinajstić information content (AvgIpc) is 3.04. The van der Waals surface area contributed by atoms with Gasteiger partial charge in [0.15, 0.2) is 0 Å². The molecule has 0 heterocycles. The lowest BCUT2D eigenvalue weighted by molar-refractivity contribution is 0.142. The summed E-state index contributed by atoms with van der Waals surface area (Å²) in [5, 5.41) is 7.77. The molecule has 1 aliphatic rings. The molecule has 29 heavy (non-hydrogen) atoms. The van der Waals surface area contributed by atoms with Crippen molar-refractivity contribution in [3.05, 3.63) is 89.5 Å². The molecule has 0 atom stereocenters. The van der Waals surface area contributed by atoms with Crippen LogP contribution >= 0.6 is 0 Å². The largest absolute Gasteiger partial charge is 0.449 e. The molecule has 4 rings (SSSR count). The monoisotopic (exact) mass is 408 g/mol. The molecule has 0 saturated heterocycles. The highest BCUT2D eigenvalue weighted by atomic mass is 32.2. The number of amides is 1. The van der Waals surface area contributed by atoms with Crippen LogP contribution in [0.15, 0.2) is 77.7 Å². The highest BCUT2D eigenvalue weighted by molar-refractivity contribution is 7.89. The van der Waals surface area contributed by atoms with E-state index in [2.05, 4.69) is 29.6 Å². The normalized spacial score (nSPS) is 12.9. The zero-order valence-corrected chi connectivity index (χ0v) is 16.4. The number of sulfonamides is 1. The Kier molecular flexibility index (Phi) is 5.08. The summed E-state index contributed by atoms with van der Waals surface area (Å²) in [6, 6.07) is 22.3. The van der Waals surface area contributed by atoms with Crippen LogP contribution in [0.4, 0.5) is 4.79 Å². The number of carbonyl (C=O) groups is 1. The molecule has 0 spiro atoms. The van der Waals surface area contributed by atoms with Crippen LogP contribution in [0.2, 0.25) is 0 Å². The number of carbonyl (C=O) groups excluding carboxylic acids is 1. The molecule has 0 radical (unpaired) electrons. The first-order valence-electron chi connectivity index (χ1n) is 9.14. The Morgan fingerprint density at radius 1 is 0.897 bits per heavy atom. The van der Waals surface area contributed by atoms with Gasteiger partial charge >= 0.3 is 6.09 Å². The van der Waals surface area contributed by atoms with E-state index < -0.39 is 16.1 Å². The van der Waals surface area contributed by atoms with E-state index in [0.717, 1.165) is 16.7 Å². The smallest absolute Gasteiger partial charge is 0.407 e. The highest BCUT2D eigenvalue weighted by Gasteiger charge is 2.28. The second kappa shape index (κ2) is 7.69. The summed E-state index contributed by atoms with van der Waals surface area (Å²) < 4.78 is 28.0. The van der Waals surface area contributed by atoms with Crippen molar-refractivity contribution in [3.8, 4) is 11.1 Å². The first kappa shape index (κ1) is 19.2. The second-order valence-corrected chi connectivity index (χ2v) is 8.43. The van der Waals surface area contributed by atoms with Crippen LogP contribution in [-0.4, -0.2) is 21.1 Å². The van der Waals surface area contributed by atoms with Gasteiger partial charge in [0.25, 0.3) is 0 Å². The van der Waals surface area contributed by atoms with Gasteiger partial charge in [0.05, 0.1) is 4.90 Å². The SMILES string of the molecule is NS(=O)(=O)c1ccc(CNC(=O)OCC2c3ccccc3-c3ccccc32)cc1. The molecule has 6 nitrogen and oxygen atoms in total. The molecule has 0 fully saturated rings. The Balaban J connectivity index is 1.38. The number of rotatable bonds is 5. The number of hydrogen-bond donors (Lipinski definition) is 2. The number of ether oxygens (including phenoxy) is 1. The van der Waals surface area contributed by atoms with Crippen molar-refractivity contribution in [2.24, 2.45) is 5.14 Å². The van der Waals surface area contributed by atoms with E-state index in [0.29, 0.717) is 0 Å². The zero-order valence-electron chi connectivity index (χ0n) is 15.5. The molecule has 148 valence electrons. The van der Waals surface area contributed by atoms with Gasteiger partial charge in [-0.3, -0.25) is 0 Å². The summed E-state index contributed by atoms with van der Waals surface area (Å²) in [6.45, 7) is 0.464. The van der Waals surface area contributed by atoms with Crippen LogP contribution in [0.5, 0.6) is 0 Å². The van der Waals surface area contributed by atoms with Gasteiger partial charge in [-0.25, -0.2) is 18.4 Å². The lowest BCUT2D eigenvalue weighted by Gasteiger charge is -2.14. The number of fused-ring (bicyclic) bond motifs is 3. The predicted octanol–water partition coefficient (Wildman–Crippen LogP) is 3.37. The van der Waals surface area contributed by atoms with E-state index >= 15 is 0 Å². The van der Waals surface area contributed by atoms with Crippen molar-refractivity contribution < 1.29 is 17.9 Å². The van der Waals surface area contributed by atoms with Crippen LogP contribution < -0.4 is 10.5 Å². The molecule has 3 aromatic carbocycles. The van der Waals surface area contributed by atoms with Crippen LogP contribution in [0.3, 0.4) is 0 Å². The van der Waals surface area contributed by atoms with Crippen LogP contribution in [0.25, 0.3) is 11.1 Å². The first-order chi connectivity index (χ1) is 13.9. The summed E-state index contributed by atoms with van der Waals surface area (Å²) in [7, 11) is -3.73. The summed E-state index contributed by atoms with van der Waals surface area (Å²) in [6.07, 6.45) is -0.526. The van der Waals surface area contributed by atoms with Gasteiger partial charge in [0.1, 0.15) is 6.61 Å². The van der Waals surface area contributed by atoms with Gasteiger partial charge in [-0.15, -0.1) is 0 Å². The van der Waals surface area contributed by atoms with Gasteiger partial charge in [0, 0.05) is 12.5 Å². The third kappa shape index (κ3) is 4.01. The lowest BCUT2D eigenvalue weighted by Crippen LogP contribution is -2.25. The molecule has 3 aromatic rings. The Morgan fingerprint density at radius 2 is 1.45 bits per heavy atom. The maximum absolute atomic E-state index is 12.2. The molecule has 0 bridgehead atoms. The molecule has 0 saturated carbocycles. The van der Waals surface area contributed by atoms with Crippen LogP contribution in [0, 0.1) is 0 Å². The number of alkyl carbamates (subject to hydrolysis) is 1. The van der Waals surface area contributed by atoms with E-state index in [-0.39, 0.29) is 24.0 Å². The minimum Gasteiger partial charge on any atom is -0.449 e. The van der Waals surface area contributed by atoms with Crippen molar-refractivity contribution >= 4 is 16.1 Å². The summed E-state index contributed by atoms with van der Waals surface area (Å²) in [5.74, 6) is 0.00203. The van der Waals surface area contributed by atoms with Crippen molar-refractivity contribution in [3.63, 3.8) is 0 Å². The van der Waals surface area contributed by atoms with Gasteiger partial charge in [-0.1, -0.05) is 60.7 Å². The quantitative estimate of drug-likeness (QED) is 0.676. The maximum atomic E-state index is 12.2. The van der Waals surface area contributed by atoms with Crippen molar-refractivity contribution in [1.29, 1.82) is 0 Å². The number of primary sulfonamides is 1. The zero-order chi connectivity index (χ0) is 20.4. The number of benzene rings is 3. The van der Waals surface area contributed by atoms with Gasteiger partial charge < -0.3 is 10.1 Å². The second-order valence-electron chi connectivity index (χ2n) is 6.87. The fourth-order valence-corrected chi connectivity index (χ4v) is 4.14. The molecule has 0 aromatic heterocycles. The van der Waals surface area contributed by atoms with E-state index in [4.69, 9.17) is 9.88 Å². The van der Waals surface area contributed by atoms with Crippen molar-refractivity contribution in [2.75, 3.05) is 6.61 Å². The van der Waals surface area contributed by atoms with E-state index in [1.165, 1.54) is 23.3 Å². The van der Waals surface area contributed by atoms with Crippen molar-refractivity contribution in [1.82, 2.24) is 5.32 Å². The van der Waals surface area contributed by atoms with Gasteiger partial charge in [-0.2, -0.15) is 0 Å². The fourth-order valence-electron chi connectivity index (χ4n) is 3.62. The van der Waals surface area contributed by atoms with E-state index in [9.17, 15) is 13.2 Å². The Morgan fingerprint density at radius 3 is 2.00 bits per heavy atom. The molecule has 7 heteroatoms. The average molecular weight is 408 g/mol. The Bertz CT molecular complexity index is 1110. The van der Waals surface area contributed by atoms with E-state index in [1.807, 2.05) is 24.3 Å². The Labute approximate surface area is 169 Å². The number of hydrogen-bond acceptors (Lipinski definition) is 4. The molecule has 1 aliphatic carbocycles. The molecule has 0 aliphatic heterocycles. The molecule has 3 N–H and O–H groups in total. The third-order valence-electron chi connectivity index (χ3n) is 5.03. The molecular weight excluding hydrogens is 388 g/mol. The van der Waals surface area contributed by atoms with Crippen LogP contribution in [0.1, 0.15) is 22.6 Å². The minimum absolute atomic E-state index is 0.00203. The van der Waals surface area contributed by atoms with Crippen molar-refractivity contribution in [2.45, 2.75) is 17.4 Å². The summed E-state index contributed by atoms with van der Waals surface area (Å²) in [5.41, 5.74) is 5.39. The van der Waals surface area contributed by atoms with E-state index in [1.54, 1.807) is 12.1 Å².